The summed E-state index contributed by atoms with van der Waals surface area (Å²) in [5, 5.41) is 20.8. The maximum Gasteiger partial charge on any atom is 0.293 e. The first-order valence-corrected chi connectivity index (χ1v) is 7.24. The number of halogens is 1. The van der Waals surface area contributed by atoms with Gasteiger partial charge in [0, 0.05) is 17.1 Å². The highest BCUT2D eigenvalue weighted by Gasteiger charge is 2.29. The van der Waals surface area contributed by atoms with Crippen molar-refractivity contribution >= 4 is 27.3 Å². The second kappa shape index (κ2) is 6.51. The lowest BCUT2D eigenvalue weighted by molar-refractivity contribution is -0.384. The molecule has 0 spiro atoms. The summed E-state index contributed by atoms with van der Waals surface area (Å²) in [6, 6.07) is 4.98. The molecule has 2 atom stereocenters. The third kappa shape index (κ3) is 3.47. The predicted octanol–water partition coefficient (Wildman–Crippen LogP) is 2.33. The Morgan fingerprint density at radius 3 is 3.05 bits per heavy atom. The Kier molecular flexibility index (Phi) is 4.95. The van der Waals surface area contributed by atoms with Crippen LogP contribution in [0.2, 0.25) is 0 Å². The lowest BCUT2D eigenvalue weighted by Gasteiger charge is -2.37. The molecule has 1 aliphatic rings. The summed E-state index contributed by atoms with van der Waals surface area (Å²) in [6.45, 7) is 3.30. The second-order valence-electron chi connectivity index (χ2n) is 4.90. The number of benzene rings is 1. The maximum absolute atomic E-state index is 11.2. The Bertz CT molecular complexity index is 495. The van der Waals surface area contributed by atoms with Gasteiger partial charge in [0.2, 0.25) is 0 Å². The molecule has 2 unspecified atom stereocenters. The Balaban J connectivity index is 2.34. The number of nitrogens with zero attached hydrogens (tertiary/aromatic N) is 2. The van der Waals surface area contributed by atoms with Gasteiger partial charge in [-0.1, -0.05) is 15.9 Å². The number of hydrogen-bond donors (Lipinski definition) is 1. The average Bonchev–Trinajstić information content (AvgIpc) is 2.39. The van der Waals surface area contributed by atoms with Crippen molar-refractivity contribution in [1.29, 1.82) is 0 Å². The van der Waals surface area contributed by atoms with E-state index in [1.807, 2.05) is 4.90 Å². The fraction of sp³-hybridized carbons (Fsp3) is 0.538. The molecule has 1 aromatic rings. The number of rotatable bonds is 4. The lowest BCUT2D eigenvalue weighted by Crippen LogP contribution is -2.47. The minimum Gasteiger partial charge on any atom is -0.393 e. The van der Waals surface area contributed by atoms with E-state index in [-0.39, 0.29) is 16.7 Å². The number of hydrogen-bond acceptors (Lipinski definition) is 5. The molecular weight excluding hydrogens is 328 g/mol. The number of nitro groups is 1. The smallest absolute Gasteiger partial charge is 0.293 e. The molecule has 6 nitrogen and oxygen atoms in total. The van der Waals surface area contributed by atoms with E-state index >= 15 is 0 Å². The molecule has 1 aromatic carbocycles. The van der Waals surface area contributed by atoms with Crippen molar-refractivity contribution in [2.24, 2.45) is 0 Å². The van der Waals surface area contributed by atoms with Gasteiger partial charge in [-0.2, -0.15) is 0 Å². The first kappa shape index (κ1) is 15.2. The maximum atomic E-state index is 11.2. The molecule has 0 radical (unpaired) electrons. The zero-order valence-corrected chi connectivity index (χ0v) is 12.7. The van der Waals surface area contributed by atoms with Gasteiger partial charge in [0.05, 0.1) is 30.3 Å². The first-order chi connectivity index (χ1) is 9.49. The van der Waals surface area contributed by atoms with Crippen molar-refractivity contribution in [2.75, 3.05) is 24.7 Å². The van der Waals surface area contributed by atoms with Crippen LogP contribution in [0.5, 0.6) is 0 Å². The summed E-state index contributed by atoms with van der Waals surface area (Å²) in [7, 11) is 0. The highest BCUT2D eigenvalue weighted by molar-refractivity contribution is 9.10. The van der Waals surface area contributed by atoms with Crippen LogP contribution >= 0.6 is 15.9 Å². The van der Waals surface area contributed by atoms with E-state index in [2.05, 4.69) is 15.9 Å². The van der Waals surface area contributed by atoms with Crippen LogP contribution < -0.4 is 4.90 Å². The summed E-state index contributed by atoms with van der Waals surface area (Å²) >= 11 is 3.26. The molecule has 110 valence electrons. The number of ether oxygens (including phenoxy) is 1. The zero-order valence-electron chi connectivity index (χ0n) is 11.2. The molecule has 1 fully saturated rings. The van der Waals surface area contributed by atoms with Crippen LogP contribution in [-0.4, -0.2) is 41.9 Å². The Labute approximate surface area is 125 Å². The van der Waals surface area contributed by atoms with Crippen molar-refractivity contribution in [1.82, 2.24) is 0 Å². The minimum absolute atomic E-state index is 0.0522. The molecule has 1 saturated heterocycles. The molecule has 2 rings (SSSR count). The number of aliphatic hydroxyl groups is 1. The Morgan fingerprint density at radius 2 is 2.40 bits per heavy atom. The lowest BCUT2D eigenvalue weighted by atomic mass is 10.1. The van der Waals surface area contributed by atoms with Crippen LogP contribution in [0.4, 0.5) is 11.4 Å². The largest absolute Gasteiger partial charge is 0.393 e. The monoisotopic (exact) mass is 344 g/mol. The van der Waals surface area contributed by atoms with Crippen molar-refractivity contribution in [3.63, 3.8) is 0 Å². The van der Waals surface area contributed by atoms with E-state index in [1.54, 1.807) is 19.1 Å². The summed E-state index contributed by atoms with van der Waals surface area (Å²) in [6.07, 6.45) is 0.0476. The number of morpholine rings is 1. The van der Waals surface area contributed by atoms with Crippen molar-refractivity contribution < 1.29 is 14.8 Å². The molecule has 20 heavy (non-hydrogen) atoms. The molecule has 0 aromatic heterocycles. The molecule has 7 heteroatoms. The van der Waals surface area contributed by atoms with Crippen molar-refractivity contribution in [3.8, 4) is 0 Å². The van der Waals surface area contributed by atoms with Crippen molar-refractivity contribution in [3.05, 3.63) is 32.8 Å². The van der Waals surface area contributed by atoms with Gasteiger partial charge in [-0.05, 0) is 25.5 Å². The summed E-state index contributed by atoms with van der Waals surface area (Å²) < 4.78 is 6.10. The van der Waals surface area contributed by atoms with Gasteiger partial charge in [0.25, 0.3) is 5.69 Å². The summed E-state index contributed by atoms with van der Waals surface area (Å²) in [5.41, 5.74) is 0.643. The molecular formula is C13H17BrN2O4. The van der Waals surface area contributed by atoms with E-state index in [9.17, 15) is 15.2 Å². The SMILES string of the molecule is CC(O)CC1COCCN1c1ccc(Br)cc1[N+](=O)[O-]. The van der Waals surface area contributed by atoms with Gasteiger partial charge in [-0.15, -0.1) is 0 Å². The number of anilines is 1. The van der Waals surface area contributed by atoms with E-state index in [1.165, 1.54) is 6.07 Å². The van der Waals surface area contributed by atoms with Crippen LogP contribution in [-0.2, 0) is 4.74 Å². The standard InChI is InChI=1S/C13H17BrN2O4/c1-9(17)6-11-8-20-5-4-15(11)12-3-2-10(14)7-13(12)16(18)19/h2-3,7,9,11,17H,4-6,8H2,1H3. The second-order valence-corrected chi connectivity index (χ2v) is 5.81. The topological polar surface area (TPSA) is 75.8 Å². The Morgan fingerprint density at radius 1 is 1.65 bits per heavy atom. The fourth-order valence-electron chi connectivity index (χ4n) is 2.45. The van der Waals surface area contributed by atoms with Gasteiger partial charge in [0.1, 0.15) is 5.69 Å². The highest BCUT2D eigenvalue weighted by atomic mass is 79.9. The molecule has 1 aliphatic heterocycles. The first-order valence-electron chi connectivity index (χ1n) is 6.45. The van der Waals surface area contributed by atoms with Crippen molar-refractivity contribution in [2.45, 2.75) is 25.5 Å². The molecule has 1 N–H and O–H groups in total. The van der Waals surface area contributed by atoms with Gasteiger partial charge >= 0.3 is 0 Å². The Hall–Kier alpha value is -1.18. The third-order valence-corrected chi connectivity index (χ3v) is 3.78. The molecule has 0 aliphatic carbocycles. The van der Waals surface area contributed by atoms with Gasteiger partial charge in [0.15, 0.2) is 0 Å². The molecule has 0 bridgehead atoms. The normalized spacial score (nSPS) is 20.8. The van der Waals surface area contributed by atoms with Crippen LogP contribution in [0.3, 0.4) is 0 Å². The summed E-state index contributed by atoms with van der Waals surface area (Å²) in [4.78, 5) is 12.8. The zero-order chi connectivity index (χ0) is 14.7. The highest BCUT2D eigenvalue weighted by Crippen LogP contribution is 2.33. The number of aliphatic hydroxyl groups excluding tert-OH is 1. The van der Waals surface area contributed by atoms with Crippen LogP contribution in [0, 0.1) is 10.1 Å². The molecule has 1 heterocycles. The van der Waals surface area contributed by atoms with E-state index in [0.29, 0.717) is 36.3 Å². The molecule has 0 saturated carbocycles. The predicted molar refractivity (Wildman–Crippen MR) is 79.0 cm³/mol. The quantitative estimate of drug-likeness (QED) is 0.670. The molecule has 0 amide bonds. The average molecular weight is 345 g/mol. The number of nitro benzene ring substituents is 1. The van der Waals surface area contributed by atoms with E-state index < -0.39 is 6.10 Å². The van der Waals surface area contributed by atoms with Gasteiger partial charge in [-0.25, -0.2) is 0 Å². The van der Waals surface area contributed by atoms with Crippen LogP contribution in [0.1, 0.15) is 13.3 Å². The fourth-order valence-corrected chi connectivity index (χ4v) is 2.80. The third-order valence-electron chi connectivity index (χ3n) is 3.28. The van der Waals surface area contributed by atoms with Gasteiger partial charge in [-0.3, -0.25) is 10.1 Å². The van der Waals surface area contributed by atoms with E-state index in [4.69, 9.17) is 4.74 Å². The van der Waals surface area contributed by atoms with Gasteiger partial charge < -0.3 is 14.7 Å². The van der Waals surface area contributed by atoms with Crippen LogP contribution in [0.15, 0.2) is 22.7 Å². The van der Waals surface area contributed by atoms with E-state index in [0.717, 1.165) is 0 Å². The minimum atomic E-state index is -0.473. The van der Waals surface area contributed by atoms with Crippen LogP contribution in [0.25, 0.3) is 0 Å². The summed E-state index contributed by atoms with van der Waals surface area (Å²) in [5.74, 6) is 0.